The molecule has 0 fully saturated rings. The summed E-state index contributed by atoms with van der Waals surface area (Å²) in [5.41, 5.74) is 1.60. The minimum atomic E-state index is -0.866. The lowest BCUT2D eigenvalue weighted by Gasteiger charge is -2.18. The van der Waals surface area contributed by atoms with E-state index in [0.717, 1.165) is 5.69 Å². The van der Waals surface area contributed by atoms with Crippen molar-refractivity contribution in [3.05, 3.63) is 48.4 Å². The number of carbonyl (C=O) groups excluding carboxylic acids is 1. The molecule has 2 rings (SSSR count). The molecule has 6 heteroatoms. The number of para-hydroxylation sites is 2. The third-order valence-electron chi connectivity index (χ3n) is 2.96. The molecule has 1 aromatic carbocycles. The van der Waals surface area contributed by atoms with Gasteiger partial charge in [0.15, 0.2) is 0 Å². The fourth-order valence-electron chi connectivity index (χ4n) is 1.91. The second-order valence-corrected chi connectivity index (χ2v) is 4.78. The Morgan fingerprint density at radius 2 is 2.05 bits per heavy atom. The molecule has 21 heavy (non-hydrogen) atoms. The van der Waals surface area contributed by atoms with Crippen molar-refractivity contribution in [1.82, 2.24) is 5.32 Å². The molecule has 0 bridgehead atoms. The number of hydrogen-bond acceptors (Lipinski definition) is 4. The van der Waals surface area contributed by atoms with Crippen LogP contribution in [0.15, 0.2) is 47.1 Å². The Morgan fingerprint density at radius 1 is 1.29 bits per heavy atom. The van der Waals surface area contributed by atoms with Gasteiger partial charge in [0.2, 0.25) is 0 Å². The van der Waals surface area contributed by atoms with E-state index in [9.17, 15) is 9.90 Å². The number of amides is 2. The first kappa shape index (κ1) is 14.9. The van der Waals surface area contributed by atoms with Gasteiger partial charge in [-0.25, -0.2) is 4.79 Å². The summed E-state index contributed by atoms with van der Waals surface area (Å²) in [7, 11) is 3.80. The van der Waals surface area contributed by atoms with Crippen molar-refractivity contribution in [3.8, 4) is 0 Å². The van der Waals surface area contributed by atoms with Gasteiger partial charge in [0.05, 0.1) is 24.2 Å². The van der Waals surface area contributed by atoms with Crippen molar-refractivity contribution >= 4 is 17.4 Å². The molecule has 0 aliphatic heterocycles. The minimum Gasteiger partial charge on any atom is -0.467 e. The Hall–Kier alpha value is -2.47. The van der Waals surface area contributed by atoms with Crippen molar-refractivity contribution in [3.63, 3.8) is 0 Å². The van der Waals surface area contributed by atoms with Gasteiger partial charge in [-0.1, -0.05) is 12.1 Å². The highest BCUT2D eigenvalue weighted by atomic mass is 16.4. The van der Waals surface area contributed by atoms with Gasteiger partial charge in [0, 0.05) is 14.1 Å². The van der Waals surface area contributed by atoms with Gasteiger partial charge in [-0.15, -0.1) is 0 Å². The normalized spacial score (nSPS) is 11.8. The van der Waals surface area contributed by atoms with Gasteiger partial charge in [-0.3, -0.25) is 0 Å². The summed E-state index contributed by atoms with van der Waals surface area (Å²) >= 11 is 0. The van der Waals surface area contributed by atoms with Gasteiger partial charge in [0.1, 0.15) is 11.9 Å². The molecule has 0 saturated carbocycles. The minimum absolute atomic E-state index is 0.0729. The van der Waals surface area contributed by atoms with Crippen LogP contribution in [0, 0.1) is 0 Å². The first-order chi connectivity index (χ1) is 10.1. The Balaban J connectivity index is 1.90. The quantitative estimate of drug-likeness (QED) is 0.788. The maximum atomic E-state index is 11.9. The molecule has 1 atom stereocenters. The van der Waals surface area contributed by atoms with E-state index >= 15 is 0 Å². The lowest BCUT2D eigenvalue weighted by atomic mass is 10.2. The molecule has 1 aromatic heterocycles. The number of benzene rings is 1. The predicted octanol–water partition coefficient (Wildman–Crippen LogP) is 2.20. The Bertz CT molecular complexity index is 582. The predicted molar refractivity (Wildman–Crippen MR) is 81.5 cm³/mol. The molecule has 112 valence electrons. The summed E-state index contributed by atoms with van der Waals surface area (Å²) < 4.78 is 5.07. The number of nitrogens with zero attached hydrogens (tertiary/aromatic N) is 1. The van der Waals surface area contributed by atoms with Crippen LogP contribution in [0.25, 0.3) is 0 Å². The highest BCUT2D eigenvalue weighted by molar-refractivity contribution is 5.93. The largest absolute Gasteiger partial charge is 0.467 e. The zero-order valence-electron chi connectivity index (χ0n) is 12.0. The SMILES string of the molecule is CN(C)c1ccccc1NC(=O)NCC(O)c1ccco1. The molecule has 0 aliphatic carbocycles. The number of aliphatic hydroxyl groups excluding tert-OH is 1. The fraction of sp³-hybridized carbons (Fsp3) is 0.267. The summed E-state index contributed by atoms with van der Waals surface area (Å²) in [4.78, 5) is 13.8. The highest BCUT2D eigenvalue weighted by Gasteiger charge is 2.12. The summed E-state index contributed by atoms with van der Waals surface area (Å²) in [6.45, 7) is 0.0729. The maximum absolute atomic E-state index is 11.9. The molecule has 2 aromatic rings. The van der Waals surface area contributed by atoms with Gasteiger partial charge in [-0.05, 0) is 24.3 Å². The second kappa shape index (κ2) is 6.81. The van der Waals surface area contributed by atoms with Gasteiger partial charge in [-0.2, -0.15) is 0 Å². The second-order valence-electron chi connectivity index (χ2n) is 4.78. The molecule has 2 amide bonds. The smallest absolute Gasteiger partial charge is 0.319 e. The number of furan rings is 1. The zero-order valence-corrected chi connectivity index (χ0v) is 12.0. The molecule has 0 spiro atoms. The van der Waals surface area contributed by atoms with Gasteiger partial charge >= 0.3 is 6.03 Å². The van der Waals surface area contributed by atoms with Crippen LogP contribution < -0.4 is 15.5 Å². The molecule has 0 radical (unpaired) electrons. The van der Waals surface area contributed by atoms with Crippen molar-refractivity contribution in [2.24, 2.45) is 0 Å². The summed E-state index contributed by atoms with van der Waals surface area (Å²) in [6.07, 6.45) is 0.612. The Morgan fingerprint density at radius 3 is 2.71 bits per heavy atom. The van der Waals surface area contributed by atoms with Gasteiger partial charge in [0.25, 0.3) is 0 Å². The van der Waals surface area contributed by atoms with Gasteiger partial charge < -0.3 is 25.1 Å². The summed E-state index contributed by atoms with van der Waals surface area (Å²) in [5, 5.41) is 15.2. The lowest BCUT2D eigenvalue weighted by Crippen LogP contribution is -2.32. The number of anilines is 2. The standard InChI is InChI=1S/C15H19N3O3/c1-18(2)12-7-4-3-6-11(12)17-15(20)16-10-13(19)14-8-5-9-21-14/h3-9,13,19H,10H2,1-2H3,(H2,16,17,20). The lowest BCUT2D eigenvalue weighted by molar-refractivity contribution is 0.149. The van der Waals surface area contributed by atoms with Crippen molar-refractivity contribution in [2.75, 3.05) is 30.9 Å². The van der Waals surface area contributed by atoms with E-state index in [1.165, 1.54) is 6.26 Å². The van der Waals surface area contributed by atoms with Crippen molar-refractivity contribution < 1.29 is 14.3 Å². The first-order valence-corrected chi connectivity index (χ1v) is 6.60. The number of urea groups is 1. The molecule has 3 N–H and O–H groups in total. The Kier molecular flexibility index (Phi) is 4.84. The molecule has 0 saturated heterocycles. The van der Waals surface area contributed by atoms with Crippen LogP contribution >= 0.6 is 0 Å². The number of nitrogens with one attached hydrogen (secondary N) is 2. The van der Waals surface area contributed by atoms with E-state index in [4.69, 9.17) is 4.42 Å². The number of aliphatic hydroxyl groups is 1. The summed E-state index contributed by atoms with van der Waals surface area (Å²) in [5.74, 6) is 0.420. The average molecular weight is 289 g/mol. The Labute approximate surface area is 123 Å². The highest BCUT2D eigenvalue weighted by Crippen LogP contribution is 2.23. The van der Waals surface area contributed by atoms with Crippen LogP contribution in [0.5, 0.6) is 0 Å². The van der Waals surface area contributed by atoms with E-state index in [0.29, 0.717) is 11.4 Å². The number of rotatable bonds is 5. The molecular formula is C15H19N3O3. The van der Waals surface area contributed by atoms with Crippen molar-refractivity contribution in [1.29, 1.82) is 0 Å². The number of hydrogen-bond donors (Lipinski definition) is 3. The van der Waals surface area contributed by atoms with Crippen LogP contribution in [-0.2, 0) is 0 Å². The third-order valence-corrected chi connectivity index (χ3v) is 2.96. The van der Waals surface area contributed by atoms with Crippen LogP contribution in [0.3, 0.4) is 0 Å². The maximum Gasteiger partial charge on any atom is 0.319 e. The van der Waals surface area contributed by atoms with E-state index < -0.39 is 6.10 Å². The zero-order chi connectivity index (χ0) is 15.2. The van der Waals surface area contributed by atoms with E-state index in [1.54, 1.807) is 12.1 Å². The van der Waals surface area contributed by atoms with Crippen LogP contribution in [0.1, 0.15) is 11.9 Å². The van der Waals surface area contributed by atoms with E-state index in [1.807, 2.05) is 43.3 Å². The molecule has 1 unspecified atom stereocenters. The molecule has 0 aliphatic rings. The van der Waals surface area contributed by atoms with Crippen LogP contribution in [0.2, 0.25) is 0 Å². The monoisotopic (exact) mass is 289 g/mol. The summed E-state index contributed by atoms with van der Waals surface area (Å²) in [6, 6.07) is 10.4. The van der Waals surface area contributed by atoms with Crippen LogP contribution in [0.4, 0.5) is 16.2 Å². The molecular weight excluding hydrogens is 270 g/mol. The van der Waals surface area contributed by atoms with E-state index in [-0.39, 0.29) is 12.6 Å². The van der Waals surface area contributed by atoms with Crippen molar-refractivity contribution in [2.45, 2.75) is 6.10 Å². The average Bonchev–Trinajstić information content (AvgIpc) is 2.99. The molecule has 6 nitrogen and oxygen atoms in total. The first-order valence-electron chi connectivity index (χ1n) is 6.60. The molecule has 1 heterocycles. The van der Waals surface area contributed by atoms with Crippen LogP contribution in [-0.4, -0.2) is 31.8 Å². The topological polar surface area (TPSA) is 77.7 Å². The number of carbonyl (C=O) groups is 1. The fourth-order valence-corrected chi connectivity index (χ4v) is 1.91. The third kappa shape index (κ3) is 4.00. The van der Waals surface area contributed by atoms with E-state index in [2.05, 4.69) is 10.6 Å².